The number of nitrogens with zero attached hydrogens (tertiary/aromatic N) is 4. The van der Waals surface area contributed by atoms with Crippen molar-refractivity contribution in [3.63, 3.8) is 0 Å². The average molecular weight is 638 g/mol. The number of rotatable bonds is 7. The topological polar surface area (TPSA) is 148 Å². The van der Waals surface area contributed by atoms with E-state index in [1.165, 1.54) is 6.33 Å². The highest BCUT2D eigenvalue weighted by atomic mass is 79.9. The summed E-state index contributed by atoms with van der Waals surface area (Å²) < 4.78 is 6.21. The van der Waals surface area contributed by atoms with Crippen molar-refractivity contribution in [3.05, 3.63) is 64.1 Å². The van der Waals surface area contributed by atoms with Crippen LogP contribution in [-0.2, 0) is 4.74 Å². The number of piperazine rings is 1. The first-order chi connectivity index (χ1) is 20.1. The number of benzene rings is 2. The van der Waals surface area contributed by atoms with Crippen LogP contribution in [0.3, 0.4) is 0 Å². The van der Waals surface area contributed by atoms with E-state index in [1.807, 2.05) is 51.1 Å². The van der Waals surface area contributed by atoms with Gasteiger partial charge >= 0.3 is 6.09 Å². The molecule has 0 radical (unpaired) electrons. The number of hydrogen-bond acceptors (Lipinski definition) is 7. The van der Waals surface area contributed by atoms with Gasteiger partial charge < -0.3 is 29.8 Å². The Hall–Kier alpha value is -4.39. The van der Waals surface area contributed by atoms with Gasteiger partial charge in [0, 0.05) is 41.5 Å². The molecule has 1 fully saturated rings. The molecule has 0 aliphatic carbocycles. The summed E-state index contributed by atoms with van der Waals surface area (Å²) in [5.74, 6) is -0.553. The molecule has 3 heterocycles. The first kappa shape index (κ1) is 29.1. The van der Waals surface area contributed by atoms with Gasteiger partial charge in [-0.15, -0.1) is 0 Å². The zero-order valence-electron chi connectivity index (χ0n) is 23.8. The number of carbonyl (C=O) groups excluding carboxylic acids is 3. The summed E-state index contributed by atoms with van der Waals surface area (Å²) in [6.07, 6.45) is 1.02. The Morgan fingerprint density at radius 3 is 2.69 bits per heavy atom. The summed E-state index contributed by atoms with van der Waals surface area (Å²) in [5, 5.41) is 5.53. The molecule has 1 unspecified atom stereocenters. The van der Waals surface area contributed by atoms with E-state index in [0.717, 1.165) is 21.2 Å². The van der Waals surface area contributed by atoms with E-state index in [-0.39, 0.29) is 35.4 Å². The van der Waals surface area contributed by atoms with Gasteiger partial charge in [-0.25, -0.2) is 14.8 Å². The smallest absolute Gasteiger partial charge is 0.409 e. The van der Waals surface area contributed by atoms with Crippen LogP contribution in [0.2, 0.25) is 0 Å². The summed E-state index contributed by atoms with van der Waals surface area (Å²) in [7, 11) is 0. The molecule has 12 nitrogen and oxygen atoms in total. The first-order valence-electron chi connectivity index (χ1n) is 13.7. The molecule has 2 aromatic heterocycles. The van der Waals surface area contributed by atoms with Crippen molar-refractivity contribution in [2.75, 3.05) is 41.8 Å². The molecule has 4 N–H and O–H groups in total. The fourth-order valence-electron chi connectivity index (χ4n) is 4.79. The number of aromatic nitrogens is 4. The highest BCUT2D eigenvalue weighted by Crippen LogP contribution is 2.26. The standard InChI is InChI=1S/C29H33BrN8O4/c1-16(2)14-42-29(41)37-9-10-38(18(4)13-37)20-7-8-21-23(12-20)35-28(34-21)36-27(40)25-24(31-15-32-25)26(39)33-22-11-19(30)6-5-17(22)3/h5-8,11-12,15-16,18H,9-10,13-14H2,1-4H3,(H,31,32)(H,33,39)(H2,34,35,36,40). The molecule has 1 atom stereocenters. The lowest BCUT2D eigenvalue weighted by Crippen LogP contribution is -2.54. The Balaban J connectivity index is 1.25. The monoisotopic (exact) mass is 636 g/mol. The van der Waals surface area contributed by atoms with Crippen LogP contribution in [0, 0.1) is 12.8 Å². The number of fused-ring (bicyclic) bond motifs is 1. The van der Waals surface area contributed by atoms with E-state index in [4.69, 9.17) is 4.74 Å². The van der Waals surface area contributed by atoms with Crippen LogP contribution >= 0.6 is 15.9 Å². The molecule has 0 bridgehead atoms. The van der Waals surface area contributed by atoms with Crippen molar-refractivity contribution in [3.8, 4) is 0 Å². The predicted molar refractivity (Wildman–Crippen MR) is 164 cm³/mol. The van der Waals surface area contributed by atoms with Gasteiger partial charge in [0.15, 0.2) is 5.69 Å². The maximum Gasteiger partial charge on any atom is 0.409 e. The number of aryl methyl sites for hydroxylation is 1. The number of ether oxygens (including phenoxy) is 1. The van der Waals surface area contributed by atoms with Crippen LogP contribution < -0.4 is 15.5 Å². The van der Waals surface area contributed by atoms with Gasteiger partial charge in [0.1, 0.15) is 5.69 Å². The first-order valence-corrected chi connectivity index (χ1v) is 14.5. The van der Waals surface area contributed by atoms with Crippen molar-refractivity contribution >= 4 is 62.2 Å². The van der Waals surface area contributed by atoms with Gasteiger partial charge in [0.05, 0.1) is 24.0 Å². The van der Waals surface area contributed by atoms with Crippen molar-refractivity contribution < 1.29 is 19.1 Å². The highest BCUT2D eigenvalue weighted by molar-refractivity contribution is 9.10. The maximum atomic E-state index is 13.1. The molecule has 3 amide bonds. The van der Waals surface area contributed by atoms with E-state index in [1.54, 1.807) is 11.0 Å². The SMILES string of the molecule is Cc1ccc(Br)cc1NC(=O)c1[nH]cnc1C(=O)Nc1nc2ccc(N3CCN(C(=O)OCC(C)C)CC3C)cc2[nH]1. The van der Waals surface area contributed by atoms with E-state index in [0.29, 0.717) is 37.4 Å². The Bertz CT molecular complexity index is 1630. The number of imidazole rings is 2. The van der Waals surface area contributed by atoms with E-state index in [9.17, 15) is 14.4 Å². The number of anilines is 3. The van der Waals surface area contributed by atoms with Crippen LogP contribution in [0.25, 0.3) is 11.0 Å². The van der Waals surface area contributed by atoms with Crippen LogP contribution in [0.15, 0.2) is 47.2 Å². The molecule has 4 aromatic rings. The quantitative estimate of drug-likeness (QED) is 0.219. The van der Waals surface area contributed by atoms with Gasteiger partial charge in [-0.1, -0.05) is 35.8 Å². The summed E-state index contributed by atoms with van der Waals surface area (Å²) in [6, 6.07) is 11.4. The number of H-pyrrole nitrogens is 2. The van der Waals surface area contributed by atoms with Crippen LogP contribution in [-0.4, -0.2) is 75.0 Å². The van der Waals surface area contributed by atoms with E-state index >= 15 is 0 Å². The minimum Gasteiger partial charge on any atom is -0.449 e. The fraction of sp³-hybridized carbons (Fsp3) is 0.345. The minimum atomic E-state index is -0.583. The summed E-state index contributed by atoms with van der Waals surface area (Å²) >= 11 is 3.40. The van der Waals surface area contributed by atoms with Gasteiger partial charge in [0.2, 0.25) is 5.95 Å². The Kier molecular flexibility index (Phi) is 8.48. The molecular formula is C29H33BrN8O4. The normalized spacial score (nSPS) is 15.2. The second-order valence-electron chi connectivity index (χ2n) is 10.7. The van der Waals surface area contributed by atoms with E-state index in [2.05, 4.69) is 58.3 Å². The molecule has 1 aliphatic heterocycles. The molecule has 0 spiro atoms. The summed E-state index contributed by atoms with van der Waals surface area (Å²) in [4.78, 5) is 56.9. The molecule has 42 heavy (non-hydrogen) atoms. The fourth-order valence-corrected chi connectivity index (χ4v) is 5.15. The molecule has 1 aliphatic rings. The third-order valence-corrected chi connectivity index (χ3v) is 7.48. The molecule has 5 rings (SSSR count). The molecule has 0 saturated carbocycles. The minimum absolute atomic E-state index is 0.0338. The largest absolute Gasteiger partial charge is 0.449 e. The maximum absolute atomic E-state index is 13.1. The van der Waals surface area contributed by atoms with Crippen LogP contribution in [0.4, 0.5) is 22.1 Å². The molecule has 1 saturated heterocycles. The molecule has 2 aromatic carbocycles. The Morgan fingerprint density at radius 1 is 1.12 bits per heavy atom. The number of nitrogens with one attached hydrogen (secondary N) is 4. The van der Waals surface area contributed by atoms with Crippen LogP contribution in [0.5, 0.6) is 0 Å². The number of aromatic amines is 2. The zero-order valence-corrected chi connectivity index (χ0v) is 25.4. The third kappa shape index (κ3) is 6.40. The van der Waals surface area contributed by atoms with Gasteiger partial charge in [-0.05, 0) is 55.7 Å². The predicted octanol–water partition coefficient (Wildman–Crippen LogP) is 5.16. The van der Waals surface area contributed by atoms with Crippen molar-refractivity contribution in [1.82, 2.24) is 24.8 Å². The lowest BCUT2D eigenvalue weighted by atomic mass is 10.1. The number of halogens is 1. The van der Waals surface area contributed by atoms with Crippen molar-refractivity contribution in [2.45, 2.75) is 33.7 Å². The van der Waals surface area contributed by atoms with Gasteiger partial charge in [-0.2, -0.15) is 0 Å². The number of hydrogen-bond donors (Lipinski definition) is 4. The van der Waals surface area contributed by atoms with E-state index < -0.39 is 11.8 Å². The van der Waals surface area contributed by atoms with Gasteiger partial charge in [0.25, 0.3) is 11.8 Å². The summed E-state index contributed by atoms with van der Waals surface area (Å²) in [6.45, 7) is 10.1. The number of carbonyl (C=O) groups is 3. The molecular weight excluding hydrogens is 604 g/mol. The molecule has 220 valence electrons. The highest BCUT2D eigenvalue weighted by Gasteiger charge is 2.28. The second-order valence-corrected chi connectivity index (χ2v) is 11.7. The van der Waals surface area contributed by atoms with Gasteiger partial charge in [-0.3, -0.25) is 14.9 Å². The second kappa shape index (κ2) is 12.2. The zero-order chi connectivity index (χ0) is 30.0. The average Bonchev–Trinajstić information content (AvgIpc) is 3.60. The van der Waals surface area contributed by atoms with Crippen molar-refractivity contribution in [1.29, 1.82) is 0 Å². The Morgan fingerprint density at radius 2 is 1.93 bits per heavy atom. The number of amides is 3. The Labute approximate surface area is 251 Å². The van der Waals surface area contributed by atoms with Crippen LogP contribution in [0.1, 0.15) is 47.3 Å². The third-order valence-electron chi connectivity index (χ3n) is 6.98. The van der Waals surface area contributed by atoms with Crippen molar-refractivity contribution in [2.24, 2.45) is 5.92 Å². The lowest BCUT2D eigenvalue weighted by Gasteiger charge is -2.40. The lowest BCUT2D eigenvalue weighted by molar-refractivity contribution is 0.0860. The summed E-state index contributed by atoms with van der Waals surface area (Å²) in [5.41, 5.74) is 3.85. The molecule has 13 heteroatoms.